The van der Waals surface area contributed by atoms with Gasteiger partial charge in [-0.05, 0) is 23.3 Å². The van der Waals surface area contributed by atoms with Crippen molar-refractivity contribution < 1.29 is 98.7 Å². The Hall–Kier alpha value is -4.92. The third-order valence-corrected chi connectivity index (χ3v) is 9.52. The molecule has 0 aliphatic heterocycles. The largest absolute Gasteiger partial charge is 1.00 e. The van der Waals surface area contributed by atoms with Crippen molar-refractivity contribution in [1.29, 1.82) is 0 Å². The van der Waals surface area contributed by atoms with Gasteiger partial charge in [-0.25, -0.2) is 0 Å². The number of rotatable bonds is 12. The Morgan fingerprint density at radius 2 is 0.867 bits per heavy atom. The second-order valence-corrected chi connectivity index (χ2v) is 13.8. The third kappa shape index (κ3) is 12.6. The van der Waals surface area contributed by atoms with Gasteiger partial charge in [0.25, 0.3) is 22.9 Å². The Morgan fingerprint density at radius 1 is 0.550 bits per heavy atom. The first-order valence-electron chi connectivity index (χ1n) is 17.0. The summed E-state index contributed by atoms with van der Waals surface area (Å²) in [4.78, 5) is 80.1. The number of aromatic nitrogens is 4. The van der Waals surface area contributed by atoms with E-state index in [9.17, 15) is 49.2 Å². The van der Waals surface area contributed by atoms with Gasteiger partial charge in [0.1, 0.15) is 11.6 Å². The van der Waals surface area contributed by atoms with Gasteiger partial charge in [-0.2, -0.15) is 9.97 Å². The van der Waals surface area contributed by atoms with Crippen LogP contribution in [0.25, 0.3) is 22.8 Å². The van der Waals surface area contributed by atoms with Gasteiger partial charge in [-0.1, -0.05) is 129 Å². The summed E-state index contributed by atoms with van der Waals surface area (Å²) in [5.74, 6) is -6.43. The molecule has 0 radical (unpaired) electrons. The van der Waals surface area contributed by atoms with Crippen LogP contribution in [0.3, 0.4) is 0 Å². The molecule has 6 rings (SSSR count). The number of halogens is 2. The van der Waals surface area contributed by atoms with Gasteiger partial charge < -0.3 is 40.6 Å². The molecule has 2 amide bonds. The van der Waals surface area contributed by atoms with Crippen LogP contribution in [0.4, 0.5) is 0 Å². The number of nitrogens with one attached hydrogen (secondary N) is 2. The Bertz CT molecular complexity index is 2450. The number of nitrogens with zero attached hydrogens (tertiary/aromatic N) is 4. The van der Waals surface area contributed by atoms with Crippen LogP contribution in [0.1, 0.15) is 31.8 Å². The smallest absolute Gasteiger partial charge is 0.548 e. The molecular weight excluding hydrogens is 930 g/mol. The fourth-order valence-corrected chi connectivity index (χ4v) is 6.41. The fraction of sp³-hybridized carbons (Fsp3) is 0.100. The summed E-state index contributed by atoms with van der Waals surface area (Å²) in [6, 6.07) is 32.1. The van der Waals surface area contributed by atoms with Crippen LogP contribution in [-0.4, -0.2) is 66.2 Å². The predicted octanol–water partition coefficient (Wildman–Crippen LogP) is -4.18. The Kier molecular flexibility index (Phi) is 19.1. The number of benzene rings is 4. The number of amides is 2. The molecule has 296 valence electrons. The number of aromatic hydroxyl groups is 2. The van der Waals surface area contributed by atoms with E-state index in [0.717, 1.165) is 11.1 Å². The third-order valence-electron chi connectivity index (χ3n) is 8.14. The fourth-order valence-electron chi connectivity index (χ4n) is 5.49. The summed E-state index contributed by atoms with van der Waals surface area (Å²) < 4.78 is 3.79. The molecule has 0 atom stereocenters. The minimum Gasteiger partial charge on any atom is -0.548 e. The van der Waals surface area contributed by atoms with Crippen molar-refractivity contribution in [3.63, 3.8) is 0 Å². The Balaban J connectivity index is 0.000000310. The predicted molar refractivity (Wildman–Crippen MR) is 212 cm³/mol. The second-order valence-electron chi connectivity index (χ2n) is 12.1. The molecule has 0 bridgehead atoms. The van der Waals surface area contributed by atoms with Crippen molar-refractivity contribution >= 4 is 55.6 Å². The molecule has 0 aliphatic carbocycles. The van der Waals surface area contributed by atoms with Gasteiger partial charge in [0.2, 0.25) is 11.8 Å². The van der Waals surface area contributed by atoms with Crippen LogP contribution < -0.4 is 91.1 Å². The minimum absolute atomic E-state index is 0. The first kappa shape index (κ1) is 49.4. The summed E-state index contributed by atoms with van der Waals surface area (Å²) in [6.07, 6.45) is 0. The van der Waals surface area contributed by atoms with Crippen molar-refractivity contribution in [2.75, 3.05) is 13.1 Å². The normalized spacial score (nSPS) is 10.2. The first-order valence-corrected chi connectivity index (χ1v) is 18.6. The monoisotopic (exact) mass is 958 g/mol. The molecule has 4 aromatic carbocycles. The van der Waals surface area contributed by atoms with E-state index < -0.39 is 70.8 Å². The van der Waals surface area contributed by atoms with Gasteiger partial charge in [0, 0.05) is 20.1 Å². The molecule has 2 aromatic heterocycles. The quantitative estimate of drug-likeness (QED) is 0.0854. The topological polar surface area (TPSA) is 249 Å². The van der Waals surface area contributed by atoms with Gasteiger partial charge in [0.05, 0.1) is 38.1 Å². The van der Waals surface area contributed by atoms with E-state index >= 15 is 0 Å². The molecule has 4 N–H and O–H groups in total. The number of carboxylic acids is 2. The number of carbonyl (C=O) groups is 4. The summed E-state index contributed by atoms with van der Waals surface area (Å²) in [6.45, 7) is -1.43. The van der Waals surface area contributed by atoms with Crippen molar-refractivity contribution in [3.05, 3.63) is 161 Å². The maximum absolute atomic E-state index is 13.1. The zero-order valence-electron chi connectivity index (χ0n) is 31.9. The van der Waals surface area contributed by atoms with Crippen molar-refractivity contribution in [2.45, 2.75) is 13.1 Å². The van der Waals surface area contributed by atoms with Crippen LogP contribution in [0.5, 0.6) is 11.8 Å². The van der Waals surface area contributed by atoms with E-state index in [-0.39, 0.29) is 83.9 Å². The molecule has 0 saturated carbocycles. The number of hydrogen-bond acceptors (Lipinski definition) is 12. The maximum atomic E-state index is 13.1. The van der Waals surface area contributed by atoms with E-state index in [2.05, 4.69) is 41.8 Å². The molecule has 0 unspecified atom stereocenters. The Labute approximate surface area is 402 Å². The number of hydrogen-bond donors (Lipinski definition) is 4. The van der Waals surface area contributed by atoms with Gasteiger partial charge >= 0.3 is 59.1 Å². The van der Waals surface area contributed by atoms with Gasteiger partial charge in [-0.3, -0.25) is 28.3 Å². The molecule has 0 fully saturated rings. The van der Waals surface area contributed by atoms with Gasteiger partial charge in [0.15, 0.2) is 11.1 Å². The van der Waals surface area contributed by atoms with Crippen LogP contribution in [0.2, 0.25) is 0 Å². The number of aliphatic carboxylic acids is 2. The molecule has 60 heavy (non-hydrogen) atoms. The van der Waals surface area contributed by atoms with Crippen LogP contribution in [-0.2, 0) is 22.7 Å². The van der Waals surface area contributed by atoms with E-state index in [1.54, 1.807) is 97.1 Å². The van der Waals surface area contributed by atoms with Crippen molar-refractivity contribution in [1.82, 2.24) is 29.7 Å². The first-order chi connectivity index (χ1) is 27.8. The summed E-state index contributed by atoms with van der Waals surface area (Å²) in [7, 11) is 0. The van der Waals surface area contributed by atoms with E-state index in [1.807, 2.05) is 22.8 Å². The zero-order valence-corrected chi connectivity index (χ0v) is 39.1. The average molecular weight is 960 g/mol. The van der Waals surface area contributed by atoms with E-state index in [4.69, 9.17) is 0 Å². The van der Waals surface area contributed by atoms with Crippen LogP contribution in [0, 0.1) is 0 Å². The molecule has 0 saturated heterocycles. The second kappa shape index (κ2) is 23.2. The molecule has 6 aromatic rings. The molecular formula is C40H30Br2N6Na2O10. The summed E-state index contributed by atoms with van der Waals surface area (Å²) in [5, 5.41) is 45.8. The van der Waals surface area contributed by atoms with E-state index in [1.165, 1.54) is 9.13 Å². The zero-order chi connectivity index (χ0) is 41.9. The molecule has 20 heteroatoms. The minimum atomic E-state index is -1.53. The summed E-state index contributed by atoms with van der Waals surface area (Å²) >= 11 is 6.80. The molecule has 16 nitrogen and oxygen atoms in total. The van der Waals surface area contributed by atoms with Crippen LogP contribution >= 0.6 is 31.9 Å². The van der Waals surface area contributed by atoms with Crippen LogP contribution in [0.15, 0.2) is 128 Å². The number of carboxylic acid groups (broad SMARTS) is 2. The van der Waals surface area contributed by atoms with Crippen molar-refractivity contribution in [3.8, 4) is 34.5 Å². The summed E-state index contributed by atoms with van der Waals surface area (Å²) in [5.41, 5.74) is -0.259. The SMILES string of the molecule is O=C([O-])CNC(=O)c1c(O)nc(-c2ccccc2Br)n(Cc2ccccc2)c1=O.O=C([O-])CNC(=O)c1c(O)nc(-c2ccccc2Br)n(Cc2ccccc2)c1=O.[Na+].[Na+]. The standard InChI is InChI=1S/2C20H16BrN3O5.2Na/c2*21-14-9-5-4-8-13(14)17-23-19(28)16(18(27)22-10-15(25)26)20(29)24(17)11-12-6-2-1-3-7-12;;/h2*1-9,28H,10-11H2,(H,22,27)(H,25,26);;/q;;2*+1/p-2. The number of carbonyl (C=O) groups excluding carboxylic acids is 4. The molecule has 2 heterocycles. The maximum Gasteiger partial charge on any atom is 1.00 e. The van der Waals surface area contributed by atoms with Gasteiger partial charge in [-0.15, -0.1) is 0 Å². The van der Waals surface area contributed by atoms with E-state index in [0.29, 0.717) is 20.1 Å². The Morgan fingerprint density at radius 3 is 1.18 bits per heavy atom. The average Bonchev–Trinajstić information content (AvgIpc) is 3.20. The molecule has 0 aliphatic rings. The van der Waals surface area contributed by atoms with Crippen molar-refractivity contribution in [2.24, 2.45) is 0 Å². The molecule has 0 spiro atoms.